The normalized spacial score (nSPS) is 11.5. The molecule has 0 unspecified atom stereocenters. The molecule has 1 N–H and O–H groups in total. The Kier molecular flexibility index (Phi) is 4.88. The third-order valence-electron chi connectivity index (χ3n) is 3.21. The maximum Gasteiger partial charge on any atom is 0.271 e. The molecule has 1 amide bonds. The molecule has 108 valence electrons. The number of carbonyl (C=O) groups is 1. The summed E-state index contributed by atoms with van der Waals surface area (Å²) in [5.41, 5.74) is 6.28. The summed E-state index contributed by atoms with van der Waals surface area (Å²) in [7, 11) is 0. The number of benzene rings is 2. The Labute approximate surface area is 125 Å². The number of nitrogens with one attached hydrogen (secondary N) is 1. The average molecular weight is 280 g/mol. The van der Waals surface area contributed by atoms with Crippen molar-refractivity contribution in [1.82, 2.24) is 5.43 Å². The summed E-state index contributed by atoms with van der Waals surface area (Å²) in [5, 5.41) is 4.31. The van der Waals surface area contributed by atoms with Gasteiger partial charge in [-0.25, -0.2) is 5.43 Å². The Morgan fingerprint density at radius 1 is 0.952 bits per heavy atom. The van der Waals surface area contributed by atoms with Crippen LogP contribution in [0, 0.1) is 12.8 Å². The molecule has 0 aliphatic heterocycles. The lowest BCUT2D eigenvalue weighted by Gasteiger charge is -2.10. The molecule has 0 fully saturated rings. The molecule has 21 heavy (non-hydrogen) atoms. The van der Waals surface area contributed by atoms with Crippen LogP contribution in [0.4, 0.5) is 0 Å². The number of hydrazone groups is 1. The van der Waals surface area contributed by atoms with Gasteiger partial charge in [-0.15, -0.1) is 0 Å². The number of amides is 1. The van der Waals surface area contributed by atoms with Gasteiger partial charge in [0.15, 0.2) is 0 Å². The van der Waals surface area contributed by atoms with Gasteiger partial charge in [0, 0.05) is 5.56 Å². The summed E-state index contributed by atoms with van der Waals surface area (Å²) >= 11 is 0. The summed E-state index contributed by atoms with van der Waals surface area (Å²) in [5.74, 6) is 0.0369. The van der Waals surface area contributed by atoms with Crippen molar-refractivity contribution in [1.29, 1.82) is 0 Å². The van der Waals surface area contributed by atoms with E-state index in [0.717, 1.165) is 16.8 Å². The largest absolute Gasteiger partial charge is 0.271 e. The van der Waals surface area contributed by atoms with Crippen molar-refractivity contribution in [3.8, 4) is 0 Å². The number of carbonyl (C=O) groups excluding carboxylic acids is 1. The van der Waals surface area contributed by atoms with Gasteiger partial charge in [-0.3, -0.25) is 4.79 Å². The fourth-order valence-electron chi connectivity index (χ4n) is 2.02. The second-order valence-corrected chi connectivity index (χ2v) is 5.32. The van der Waals surface area contributed by atoms with Gasteiger partial charge in [0.2, 0.25) is 0 Å². The minimum Gasteiger partial charge on any atom is -0.267 e. The number of nitrogens with zero attached hydrogens (tertiary/aromatic N) is 1. The van der Waals surface area contributed by atoms with E-state index in [1.807, 2.05) is 49.4 Å². The van der Waals surface area contributed by atoms with E-state index in [-0.39, 0.29) is 11.8 Å². The van der Waals surface area contributed by atoms with Gasteiger partial charge in [0.25, 0.3) is 5.91 Å². The van der Waals surface area contributed by atoms with E-state index >= 15 is 0 Å². The quantitative estimate of drug-likeness (QED) is 0.672. The lowest BCUT2D eigenvalue weighted by atomic mass is 10.0. The molecular formula is C18H20N2O. The van der Waals surface area contributed by atoms with E-state index in [0.29, 0.717) is 5.56 Å². The summed E-state index contributed by atoms with van der Waals surface area (Å²) < 4.78 is 0. The van der Waals surface area contributed by atoms with Crippen LogP contribution in [0.15, 0.2) is 59.7 Å². The van der Waals surface area contributed by atoms with Crippen molar-refractivity contribution in [3.63, 3.8) is 0 Å². The highest BCUT2D eigenvalue weighted by atomic mass is 16.2. The molecule has 0 heterocycles. The Morgan fingerprint density at radius 2 is 1.57 bits per heavy atom. The SMILES string of the molecule is Cc1ccc(C(=O)N/N=C(\c2ccccc2)C(C)C)cc1. The van der Waals surface area contributed by atoms with Crippen LogP contribution in [0.1, 0.15) is 35.3 Å². The fraction of sp³-hybridized carbons (Fsp3) is 0.222. The van der Waals surface area contributed by atoms with Crippen LogP contribution >= 0.6 is 0 Å². The van der Waals surface area contributed by atoms with E-state index in [1.54, 1.807) is 12.1 Å². The molecule has 0 atom stereocenters. The molecule has 0 aliphatic carbocycles. The molecule has 3 heteroatoms. The number of rotatable bonds is 4. The van der Waals surface area contributed by atoms with E-state index in [9.17, 15) is 4.79 Å². The van der Waals surface area contributed by atoms with Crippen LogP contribution in [-0.4, -0.2) is 11.6 Å². The first-order valence-corrected chi connectivity index (χ1v) is 7.08. The minimum atomic E-state index is -0.191. The van der Waals surface area contributed by atoms with Crippen LogP contribution in [0.5, 0.6) is 0 Å². The Morgan fingerprint density at radius 3 is 2.14 bits per heavy atom. The van der Waals surface area contributed by atoms with Crippen molar-refractivity contribution in [3.05, 3.63) is 71.3 Å². The third kappa shape index (κ3) is 4.02. The summed E-state index contributed by atoms with van der Waals surface area (Å²) in [6, 6.07) is 17.3. The van der Waals surface area contributed by atoms with E-state index in [4.69, 9.17) is 0 Å². The highest BCUT2D eigenvalue weighted by Gasteiger charge is 2.10. The molecule has 0 aliphatic rings. The second-order valence-electron chi connectivity index (χ2n) is 5.32. The predicted molar refractivity (Wildman–Crippen MR) is 86.5 cm³/mol. The average Bonchev–Trinajstić information content (AvgIpc) is 2.48. The lowest BCUT2D eigenvalue weighted by Crippen LogP contribution is -2.22. The molecule has 0 bridgehead atoms. The first kappa shape index (κ1) is 15.0. The molecule has 2 rings (SSSR count). The highest BCUT2D eigenvalue weighted by molar-refractivity contribution is 6.03. The Bertz CT molecular complexity index is 628. The zero-order valence-electron chi connectivity index (χ0n) is 12.6. The molecular weight excluding hydrogens is 260 g/mol. The van der Waals surface area contributed by atoms with Crippen molar-refractivity contribution >= 4 is 11.6 Å². The van der Waals surface area contributed by atoms with Gasteiger partial charge in [-0.05, 0) is 30.5 Å². The molecule has 0 spiro atoms. The molecule has 3 nitrogen and oxygen atoms in total. The topological polar surface area (TPSA) is 41.5 Å². The van der Waals surface area contributed by atoms with E-state index in [1.165, 1.54) is 0 Å². The van der Waals surface area contributed by atoms with Gasteiger partial charge in [-0.1, -0.05) is 61.9 Å². The standard InChI is InChI=1S/C18H20N2O/c1-13(2)17(15-7-5-4-6-8-15)19-20-18(21)16-11-9-14(3)10-12-16/h4-13H,1-3H3,(H,20,21)/b19-17-. The van der Waals surface area contributed by atoms with Gasteiger partial charge >= 0.3 is 0 Å². The molecule has 0 radical (unpaired) electrons. The number of aryl methyl sites for hydroxylation is 1. The summed E-state index contributed by atoms with van der Waals surface area (Å²) in [4.78, 5) is 12.1. The summed E-state index contributed by atoms with van der Waals surface area (Å²) in [6.07, 6.45) is 0. The first-order chi connectivity index (χ1) is 10.1. The molecule has 0 saturated carbocycles. The fourth-order valence-corrected chi connectivity index (χ4v) is 2.02. The van der Waals surface area contributed by atoms with Gasteiger partial charge < -0.3 is 0 Å². The highest BCUT2D eigenvalue weighted by Crippen LogP contribution is 2.09. The zero-order valence-corrected chi connectivity index (χ0v) is 12.6. The van der Waals surface area contributed by atoms with Crippen LogP contribution < -0.4 is 5.43 Å². The van der Waals surface area contributed by atoms with Gasteiger partial charge in [-0.2, -0.15) is 5.10 Å². The molecule has 0 aromatic heterocycles. The molecule has 2 aromatic rings. The third-order valence-corrected chi connectivity index (χ3v) is 3.21. The maximum atomic E-state index is 12.1. The molecule has 2 aromatic carbocycles. The van der Waals surface area contributed by atoms with Crippen LogP contribution in [0.2, 0.25) is 0 Å². The predicted octanol–water partition coefficient (Wildman–Crippen LogP) is 3.79. The minimum absolute atomic E-state index is 0.191. The van der Waals surface area contributed by atoms with Crippen LogP contribution in [-0.2, 0) is 0 Å². The summed E-state index contributed by atoms with van der Waals surface area (Å²) in [6.45, 7) is 6.11. The molecule has 0 saturated heterocycles. The van der Waals surface area contributed by atoms with Gasteiger partial charge in [0.1, 0.15) is 0 Å². The van der Waals surface area contributed by atoms with E-state index < -0.39 is 0 Å². The zero-order chi connectivity index (χ0) is 15.2. The van der Waals surface area contributed by atoms with Crippen molar-refractivity contribution in [2.45, 2.75) is 20.8 Å². The van der Waals surface area contributed by atoms with Crippen LogP contribution in [0.3, 0.4) is 0 Å². The van der Waals surface area contributed by atoms with Crippen LogP contribution in [0.25, 0.3) is 0 Å². The van der Waals surface area contributed by atoms with E-state index in [2.05, 4.69) is 24.4 Å². The maximum absolute atomic E-state index is 12.1. The smallest absolute Gasteiger partial charge is 0.267 e. The Hall–Kier alpha value is -2.42. The van der Waals surface area contributed by atoms with Crippen molar-refractivity contribution < 1.29 is 4.79 Å². The monoisotopic (exact) mass is 280 g/mol. The second kappa shape index (κ2) is 6.84. The van der Waals surface area contributed by atoms with Gasteiger partial charge in [0.05, 0.1) is 5.71 Å². The van der Waals surface area contributed by atoms with Crippen molar-refractivity contribution in [2.24, 2.45) is 11.0 Å². The lowest BCUT2D eigenvalue weighted by molar-refractivity contribution is 0.0954. The van der Waals surface area contributed by atoms with Crippen molar-refractivity contribution in [2.75, 3.05) is 0 Å². The number of hydrogen-bond acceptors (Lipinski definition) is 2. The first-order valence-electron chi connectivity index (χ1n) is 7.08. The number of hydrogen-bond donors (Lipinski definition) is 1. The Balaban J connectivity index is 2.17.